The minimum absolute atomic E-state index is 0.119. The van der Waals surface area contributed by atoms with E-state index in [0.29, 0.717) is 13.0 Å². The van der Waals surface area contributed by atoms with E-state index in [9.17, 15) is 9.59 Å². The minimum atomic E-state index is -0.590. The Bertz CT molecular complexity index is 382. The second-order valence-electron chi connectivity index (χ2n) is 5.66. The Kier molecular flexibility index (Phi) is 8.43. The molecule has 120 valence electrons. The van der Waals surface area contributed by atoms with Crippen molar-refractivity contribution < 1.29 is 19.1 Å². The third-order valence-corrected chi connectivity index (χ3v) is 2.67. The smallest absolute Gasteiger partial charge is 0.410 e. The highest BCUT2D eigenvalue weighted by molar-refractivity contribution is 5.73. The molecule has 0 unspecified atom stereocenters. The summed E-state index contributed by atoms with van der Waals surface area (Å²) in [6.45, 7) is 11.3. The lowest BCUT2D eigenvalue weighted by molar-refractivity contribution is -0.141. The molecule has 0 bridgehead atoms. The average Bonchev–Trinajstić information content (AvgIpc) is 2.38. The first-order chi connectivity index (χ1) is 9.75. The summed E-state index contributed by atoms with van der Waals surface area (Å²) in [5.74, 6) is -0.359. The first-order valence-electron chi connectivity index (χ1n) is 7.03. The Balaban J connectivity index is 5.14. The van der Waals surface area contributed by atoms with Crippen LogP contribution in [0.15, 0.2) is 24.8 Å². The molecule has 0 N–H and O–H groups in total. The van der Waals surface area contributed by atoms with Gasteiger partial charge >= 0.3 is 12.1 Å². The number of ether oxygens (including phenoxy) is 2. The van der Waals surface area contributed by atoms with Gasteiger partial charge in [-0.1, -0.05) is 18.2 Å². The molecule has 1 amide bonds. The molecule has 0 heterocycles. The zero-order valence-electron chi connectivity index (χ0n) is 13.7. The van der Waals surface area contributed by atoms with Crippen molar-refractivity contribution in [3.8, 4) is 0 Å². The Labute approximate surface area is 127 Å². The van der Waals surface area contributed by atoms with Gasteiger partial charge in [0.05, 0.1) is 13.5 Å². The van der Waals surface area contributed by atoms with Gasteiger partial charge in [-0.05, 0) is 34.1 Å². The van der Waals surface area contributed by atoms with E-state index in [1.54, 1.807) is 26.8 Å². The Hall–Kier alpha value is -1.78. The number of carbonyl (C=O) groups excluding carboxylic acids is 2. The summed E-state index contributed by atoms with van der Waals surface area (Å²) in [6.07, 6.45) is 5.62. The lowest BCUT2D eigenvalue weighted by Crippen LogP contribution is -2.44. The molecule has 0 saturated heterocycles. The number of carbonyl (C=O) groups is 2. The van der Waals surface area contributed by atoms with E-state index in [1.807, 2.05) is 19.1 Å². The summed E-state index contributed by atoms with van der Waals surface area (Å²) in [5.41, 5.74) is -0.590. The van der Waals surface area contributed by atoms with Crippen molar-refractivity contribution in [3.05, 3.63) is 24.8 Å². The predicted molar refractivity (Wildman–Crippen MR) is 83.0 cm³/mol. The highest BCUT2D eigenvalue weighted by Crippen LogP contribution is 2.16. The molecule has 21 heavy (non-hydrogen) atoms. The molecule has 1 atom stereocenters. The quantitative estimate of drug-likeness (QED) is 0.534. The molecule has 5 nitrogen and oxygen atoms in total. The standard InChI is InChI=1S/C16H27NO4/c1-7-9-10-13(12-14(18)20-6)17(11-8-2)15(19)21-16(3,4)5/h7-9,13H,2,10-12H2,1,3-6H3/b9-7+/t13-/m0/s1. The number of allylic oxidation sites excluding steroid dienone is 1. The van der Waals surface area contributed by atoms with Gasteiger partial charge in [0.2, 0.25) is 0 Å². The van der Waals surface area contributed by atoms with Crippen LogP contribution < -0.4 is 0 Å². The van der Waals surface area contributed by atoms with Crippen LogP contribution in [0.4, 0.5) is 4.79 Å². The maximum Gasteiger partial charge on any atom is 0.410 e. The third-order valence-electron chi connectivity index (χ3n) is 2.67. The van der Waals surface area contributed by atoms with Crippen LogP contribution in [0.5, 0.6) is 0 Å². The highest BCUT2D eigenvalue weighted by atomic mass is 16.6. The Morgan fingerprint density at radius 2 is 1.95 bits per heavy atom. The summed E-state index contributed by atoms with van der Waals surface area (Å²) >= 11 is 0. The summed E-state index contributed by atoms with van der Waals surface area (Å²) in [7, 11) is 1.33. The minimum Gasteiger partial charge on any atom is -0.469 e. The van der Waals surface area contributed by atoms with Crippen LogP contribution >= 0.6 is 0 Å². The SMILES string of the molecule is C=CCN(C(=O)OC(C)(C)C)[C@@H](C/C=C/C)CC(=O)OC. The molecule has 0 aromatic carbocycles. The van der Waals surface area contributed by atoms with Crippen LogP contribution in [0.2, 0.25) is 0 Å². The van der Waals surface area contributed by atoms with Crippen LogP contribution in [-0.2, 0) is 14.3 Å². The molecule has 0 aromatic rings. The van der Waals surface area contributed by atoms with Crippen molar-refractivity contribution in [2.75, 3.05) is 13.7 Å². The van der Waals surface area contributed by atoms with Crippen molar-refractivity contribution >= 4 is 12.1 Å². The molecule has 0 rings (SSSR count). The molecule has 0 spiro atoms. The first-order valence-corrected chi connectivity index (χ1v) is 7.03. The van der Waals surface area contributed by atoms with Crippen LogP contribution in [0.1, 0.15) is 40.5 Å². The van der Waals surface area contributed by atoms with Gasteiger partial charge in [-0.3, -0.25) is 4.79 Å². The van der Waals surface area contributed by atoms with Crippen molar-refractivity contribution in [2.24, 2.45) is 0 Å². The van der Waals surface area contributed by atoms with Gasteiger partial charge in [-0.25, -0.2) is 4.79 Å². The van der Waals surface area contributed by atoms with E-state index in [2.05, 4.69) is 6.58 Å². The maximum atomic E-state index is 12.3. The third kappa shape index (κ3) is 8.17. The van der Waals surface area contributed by atoms with E-state index in [1.165, 1.54) is 12.0 Å². The predicted octanol–water partition coefficient (Wildman–Crippen LogP) is 3.31. The van der Waals surface area contributed by atoms with E-state index >= 15 is 0 Å². The second kappa shape index (κ2) is 9.21. The Morgan fingerprint density at radius 1 is 1.33 bits per heavy atom. The lowest BCUT2D eigenvalue weighted by atomic mass is 10.1. The molecule has 0 aliphatic heterocycles. The molecule has 0 fully saturated rings. The van der Waals surface area contributed by atoms with E-state index in [0.717, 1.165) is 0 Å². The molecule has 0 aliphatic rings. The van der Waals surface area contributed by atoms with Crippen LogP contribution in [0.3, 0.4) is 0 Å². The highest BCUT2D eigenvalue weighted by Gasteiger charge is 2.28. The fourth-order valence-corrected chi connectivity index (χ4v) is 1.72. The van der Waals surface area contributed by atoms with E-state index < -0.39 is 11.7 Å². The zero-order chi connectivity index (χ0) is 16.5. The molecule has 0 saturated carbocycles. The van der Waals surface area contributed by atoms with Gasteiger partial charge in [0.1, 0.15) is 5.60 Å². The number of rotatable bonds is 7. The van der Waals surface area contributed by atoms with Crippen molar-refractivity contribution in [1.82, 2.24) is 4.90 Å². The van der Waals surface area contributed by atoms with Crippen LogP contribution in [0.25, 0.3) is 0 Å². The van der Waals surface area contributed by atoms with Crippen LogP contribution in [-0.4, -0.2) is 42.3 Å². The first kappa shape index (κ1) is 19.2. The number of esters is 1. The van der Waals surface area contributed by atoms with Gasteiger partial charge in [0, 0.05) is 12.6 Å². The molecule has 0 aromatic heterocycles. The zero-order valence-corrected chi connectivity index (χ0v) is 13.7. The largest absolute Gasteiger partial charge is 0.469 e. The fourth-order valence-electron chi connectivity index (χ4n) is 1.72. The number of amides is 1. The Morgan fingerprint density at radius 3 is 2.38 bits per heavy atom. The van der Waals surface area contributed by atoms with Gasteiger partial charge in [-0.2, -0.15) is 0 Å². The van der Waals surface area contributed by atoms with Gasteiger partial charge in [0.15, 0.2) is 0 Å². The summed E-state index contributed by atoms with van der Waals surface area (Å²) in [4.78, 5) is 25.4. The monoisotopic (exact) mass is 297 g/mol. The topological polar surface area (TPSA) is 55.8 Å². The summed E-state index contributed by atoms with van der Waals surface area (Å²) in [5, 5.41) is 0. The van der Waals surface area contributed by atoms with Crippen molar-refractivity contribution in [2.45, 2.75) is 52.2 Å². The van der Waals surface area contributed by atoms with Crippen molar-refractivity contribution in [3.63, 3.8) is 0 Å². The number of nitrogens with zero attached hydrogens (tertiary/aromatic N) is 1. The summed E-state index contributed by atoms with van der Waals surface area (Å²) < 4.78 is 10.1. The maximum absolute atomic E-state index is 12.3. The van der Waals surface area contributed by atoms with Gasteiger partial charge in [0.25, 0.3) is 0 Å². The molecule has 0 radical (unpaired) electrons. The fraction of sp³-hybridized carbons (Fsp3) is 0.625. The van der Waals surface area contributed by atoms with E-state index in [-0.39, 0.29) is 18.4 Å². The normalized spacial score (nSPS) is 12.8. The molecular weight excluding hydrogens is 270 g/mol. The van der Waals surface area contributed by atoms with Gasteiger partial charge < -0.3 is 14.4 Å². The summed E-state index contributed by atoms with van der Waals surface area (Å²) in [6, 6.07) is -0.318. The van der Waals surface area contributed by atoms with Crippen LogP contribution in [0, 0.1) is 0 Å². The molecule has 5 heteroatoms. The number of hydrogen-bond donors (Lipinski definition) is 0. The number of hydrogen-bond acceptors (Lipinski definition) is 4. The number of methoxy groups -OCH3 is 1. The second-order valence-corrected chi connectivity index (χ2v) is 5.66. The average molecular weight is 297 g/mol. The van der Waals surface area contributed by atoms with E-state index in [4.69, 9.17) is 9.47 Å². The van der Waals surface area contributed by atoms with Gasteiger partial charge in [-0.15, -0.1) is 6.58 Å². The lowest BCUT2D eigenvalue weighted by Gasteiger charge is -2.32. The van der Waals surface area contributed by atoms with Crippen molar-refractivity contribution in [1.29, 1.82) is 0 Å². The molecular formula is C16H27NO4. The molecule has 0 aliphatic carbocycles.